The lowest BCUT2D eigenvalue weighted by Crippen LogP contribution is -2.54. The third-order valence-corrected chi connectivity index (χ3v) is 11.1. The Bertz CT molecular complexity index is 2800. The van der Waals surface area contributed by atoms with Crippen LogP contribution in [0.1, 0.15) is 77.4 Å². The number of benzene rings is 3. The Kier molecular flexibility index (Phi) is 12.0. The molecule has 1 unspecified atom stereocenters. The smallest absolute Gasteiger partial charge is 0.274 e. The predicted octanol–water partition coefficient (Wildman–Crippen LogP) is 6.59. The number of aromatic nitrogens is 5. The van der Waals surface area contributed by atoms with Crippen LogP contribution in [0.3, 0.4) is 0 Å². The van der Waals surface area contributed by atoms with Crippen LogP contribution in [0.4, 0.5) is 5.69 Å². The molecule has 3 aromatic heterocycles. The molecular formula is C45H42N8O7S. The maximum absolute atomic E-state index is 13.3. The fourth-order valence-corrected chi connectivity index (χ4v) is 7.84. The fourth-order valence-electron chi connectivity index (χ4n) is 7.40. The average Bonchev–Trinajstić information content (AvgIpc) is 4.00. The van der Waals surface area contributed by atoms with Gasteiger partial charge in [0.05, 0.1) is 17.3 Å². The minimum Gasteiger partial charge on any atom is -0.487 e. The van der Waals surface area contributed by atoms with E-state index in [1.807, 2.05) is 60.9 Å². The minimum absolute atomic E-state index is 0.0609. The Hall–Kier alpha value is -7.12. The van der Waals surface area contributed by atoms with Gasteiger partial charge in [-0.05, 0) is 67.8 Å². The zero-order chi connectivity index (χ0) is 42.5. The van der Waals surface area contributed by atoms with Gasteiger partial charge in [0.15, 0.2) is 0 Å². The first-order valence-electron chi connectivity index (χ1n) is 20.0. The first-order chi connectivity index (χ1) is 29.7. The summed E-state index contributed by atoms with van der Waals surface area (Å²) in [7, 11) is 1.74. The number of unbranched alkanes of at least 4 members (excludes halogenated alkanes) is 3. The van der Waals surface area contributed by atoms with Gasteiger partial charge in [0.2, 0.25) is 11.8 Å². The lowest BCUT2D eigenvalue weighted by molar-refractivity contribution is -0.136. The Morgan fingerprint density at radius 1 is 0.918 bits per heavy atom. The first kappa shape index (κ1) is 40.7. The number of H-pyrrole nitrogens is 1. The van der Waals surface area contributed by atoms with Crippen molar-refractivity contribution >= 4 is 52.2 Å². The highest BCUT2D eigenvalue weighted by Gasteiger charge is 2.45. The molecule has 1 saturated heterocycles. The predicted molar refractivity (Wildman–Crippen MR) is 230 cm³/mol. The highest BCUT2D eigenvalue weighted by Crippen LogP contribution is 2.39. The van der Waals surface area contributed by atoms with Crippen molar-refractivity contribution in [2.75, 3.05) is 10.5 Å². The number of pyridine rings is 1. The number of anilines is 1. The largest absolute Gasteiger partial charge is 0.487 e. The number of aryl methyl sites for hydroxylation is 2. The number of amides is 4. The lowest BCUT2D eigenvalue weighted by atomic mass is 10.0. The lowest BCUT2D eigenvalue weighted by Gasteiger charge is -2.27. The van der Waals surface area contributed by atoms with Gasteiger partial charge in [-0.25, -0.2) is 0 Å². The van der Waals surface area contributed by atoms with Crippen molar-refractivity contribution in [2.24, 2.45) is 7.05 Å². The molecule has 0 aliphatic carbocycles. The molecule has 0 radical (unpaired) electrons. The molecular weight excluding hydrogens is 797 g/mol. The van der Waals surface area contributed by atoms with Crippen LogP contribution < -0.4 is 25.1 Å². The quantitative estimate of drug-likeness (QED) is 0.0439. The zero-order valence-electron chi connectivity index (χ0n) is 33.5. The van der Waals surface area contributed by atoms with Crippen molar-refractivity contribution in [2.45, 2.75) is 64.6 Å². The summed E-state index contributed by atoms with van der Waals surface area (Å²) >= 11 is 1.59. The van der Waals surface area contributed by atoms with E-state index in [1.54, 1.807) is 52.6 Å². The van der Waals surface area contributed by atoms with Crippen LogP contribution in [-0.4, -0.2) is 64.9 Å². The van der Waals surface area contributed by atoms with E-state index < -0.39 is 29.7 Å². The minimum atomic E-state index is -1.02. The molecule has 3 aromatic carbocycles. The highest BCUT2D eigenvalue weighted by atomic mass is 32.2. The van der Waals surface area contributed by atoms with Crippen LogP contribution in [0.2, 0.25) is 0 Å². The molecule has 8 rings (SSSR count). The van der Waals surface area contributed by atoms with E-state index in [4.69, 9.17) is 9.47 Å². The molecule has 0 saturated carbocycles. The number of piperidine rings is 1. The summed E-state index contributed by atoms with van der Waals surface area (Å²) in [4.78, 5) is 67.3. The molecule has 5 heterocycles. The van der Waals surface area contributed by atoms with Gasteiger partial charge in [0, 0.05) is 78.4 Å². The van der Waals surface area contributed by atoms with Gasteiger partial charge in [-0.1, -0.05) is 54.5 Å². The van der Waals surface area contributed by atoms with Gasteiger partial charge in [-0.3, -0.25) is 38.9 Å². The molecule has 3 N–H and O–H groups in total. The SMILES string of the molecule is CCSNc1ccc(Oc2cccc(OCc3cn(CCCCCC#Cc4cccc5c4C(=O)N(C4CCC(=O)NC4=O)C5=O)nn3)c2)c(-c2cn(C)c(=O)c3[nH]ccc23)c1. The van der Waals surface area contributed by atoms with E-state index in [0.29, 0.717) is 47.0 Å². The first-order valence-corrected chi connectivity index (χ1v) is 21.0. The van der Waals surface area contributed by atoms with Crippen LogP contribution in [-0.2, 0) is 29.8 Å². The summed E-state index contributed by atoms with van der Waals surface area (Å²) in [5, 5.41) is 11.6. The Balaban J connectivity index is 0.833. The summed E-state index contributed by atoms with van der Waals surface area (Å²) in [5.41, 5.74) is 4.55. The number of nitrogens with zero attached hydrogens (tertiary/aromatic N) is 5. The number of rotatable bonds is 15. The third-order valence-electron chi connectivity index (χ3n) is 10.4. The molecule has 310 valence electrons. The summed E-state index contributed by atoms with van der Waals surface area (Å²) in [5.74, 6) is 6.69. The van der Waals surface area contributed by atoms with Gasteiger partial charge in [-0.15, -0.1) is 5.10 Å². The second-order valence-corrected chi connectivity index (χ2v) is 15.7. The van der Waals surface area contributed by atoms with Crippen LogP contribution in [0.15, 0.2) is 90.1 Å². The van der Waals surface area contributed by atoms with Crippen molar-refractivity contribution < 1.29 is 28.7 Å². The molecule has 15 nitrogen and oxygen atoms in total. The molecule has 0 spiro atoms. The normalized spacial score (nSPS) is 14.8. The number of ether oxygens (including phenoxy) is 2. The average molecular weight is 839 g/mol. The zero-order valence-corrected chi connectivity index (χ0v) is 34.3. The Morgan fingerprint density at radius 3 is 2.62 bits per heavy atom. The summed E-state index contributed by atoms with van der Waals surface area (Å²) in [6.45, 7) is 2.96. The second-order valence-electron chi connectivity index (χ2n) is 14.6. The summed E-state index contributed by atoms with van der Waals surface area (Å²) in [6, 6.07) is 19.1. The Morgan fingerprint density at radius 2 is 1.77 bits per heavy atom. The molecule has 16 heteroatoms. The number of aromatic amines is 1. The second kappa shape index (κ2) is 18.0. The van der Waals surface area contributed by atoms with Crippen LogP contribution >= 0.6 is 11.9 Å². The Labute approximate surface area is 354 Å². The number of hydrogen-bond acceptors (Lipinski definition) is 11. The molecule has 1 atom stereocenters. The standard InChI is InChI=1S/C45H42N8O7S/c1-3-61-49-29-16-18-38(35(23-29)36-26-51(2)45(58)41-33(36)20-21-46-41)60-32-14-10-13-31(24-32)59-27-30-25-52(50-48-30)22-8-6-4-5-7-11-28-12-9-15-34-40(28)44(57)53(43(34)56)37-17-19-39(54)47-42(37)55/h9-10,12-16,18,20-21,23-26,37,46,49H,3-6,8,17,19,22,27H2,1-2H3,(H,47,54,55). The monoisotopic (exact) mass is 838 g/mol. The molecule has 2 aliphatic rings. The van der Waals surface area contributed by atoms with Gasteiger partial charge >= 0.3 is 0 Å². The number of nitrogens with one attached hydrogen (secondary N) is 3. The topological polar surface area (TPSA) is 183 Å². The number of fused-ring (bicyclic) bond motifs is 2. The molecule has 4 amide bonds. The van der Waals surface area contributed by atoms with Gasteiger partial charge in [0.25, 0.3) is 17.4 Å². The summed E-state index contributed by atoms with van der Waals surface area (Å²) in [6.07, 6.45) is 8.77. The maximum Gasteiger partial charge on any atom is 0.274 e. The van der Waals surface area contributed by atoms with Crippen molar-refractivity contribution in [3.05, 3.63) is 118 Å². The maximum atomic E-state index is 13.3. The number of imide groups is 2. The van der Waals surface area contributed by atoms with E-state index in [9.17, 15) is 24.0 Å². The number of hydrogen-bond donors (Lipinski definition) is 3. The van der Waals surface area contributed by atoms with Crippen molar-refractivity contribution in [3.8, 4) is 40.2 Å². The highest BCUT2D eigenvalue weighted by molar-refractivity contribution is 8.00. The van der Waals surface area contributed by atoms with E-state index in [-0.39, 0.29) is 36.1 Å². The van der Waals surface area contributed by atoms with Gasteiger partial charge < -0.3 is 23.7 Å². The third kappa shape index (κ3) is 8.78. The van der Waals surface area contributed by atoms with Crippen molar-refractivity contribution in [1.29, 1.82) is 0 Å². The van der Waals surface area contributed by atoms with Crippen LogP contribution in [0.5, 0.6) is 17.2 Å². The molecule has 6 aromatic rings. The van der Waals surface area contributed by atoms with Crippen molar-refractivity contribution in [3.63, 3.8) is 0 Å². The molecule has 0 bridgehead atoms. The van der Waals surface area contributed by atoms with Gasteiger partial charge in [0.1, 0.15) is 41.1 Å². The van der Waals surface area contributed by atoms with Crippen molar-refractivity contribution in [1.82, 2.24) is 34.8 Å². The number of carbonyl (C=O) groups is 4. The summed E-state index contributed by atoms with van der Waals surface area (Å²) < 4.78 is 19.3. The van der Waals surface area contributed by atoms with E-state index in [2.05, 4.69) is 44.1 Å². The molecule has 1 fully saturated rings. The molecule has 2 aliphatic heterocycles. The fraction of sp³-hybridized carbons (Fsp3) is 0.267. The molecule has 61 heavy (non-hydrogen) atoms. The van der Waals surface area contributed by atoms with Crippen LogP contribution in [0.25, 0.3) is 22.0 Å². The van der Waals surface area contributed by atoms with E-state index >= 15 is 0 Å². The van der Waals surface area contributed by atoms with Gasteiger partial charge in [-0.2, -0.15) is 0 Å². The number of carbonyl (C=O) groups excluding carboxylic acids is 4. The van der Waals surface area contributed by atoms with Crippen LogP contribution in [0, 0.1) is 11.8 Å². The van der Waals surface area contributed by atoms with E-state index in [0.717, 1.165) is 52.1 Å². The van der Waals surface area contributed by atoms with E-state index in [1.165, 1.54) is 0 Å².